The van der Waals surface area contributed by atoms with Crippen LogP contribution in [0.25, 0.3) is 17.0 Å². The van der Waals surface area contributed by atoms with E-state index in [0.717, 1.165) is 20.9 Å². The van der Waals surface area contributed by atoms with Gasteiger partial charge in [0, 0.05) is 40.2 Å². The molecule has 1 aromatic heterocycles. The van der Waals surface area contributed by atoms with Crippen LogP contribution in [0.1, 0.15) is 11.1 Å². The molecule has 2 fully saturated rings. The van der Waals surface area contributed by atoms with Crippen molar-refractivity contribution in [3.05, 3.63) is 69.8 Å². The van der Waals surface area contributed by atoms with Crippen molar-refractivity contribution in [1.29, 1.82) is 0 Å². The van der Waals surface area contributed by atoms with E-state index >= 15 is 0 Å². The van der Waals surface area contributed by atoms with Crippen molar-refractivity contribution in [2.24, 2.45) is 0 Å². The lowest BCUT2D eigenvalue weighted by molar-refractivity contribution is -0.135. The summed E-state index contributed by atoms with van der Waals surface area (Å²) in [4.78, 5) is 42.4. The number of fused-ring (bicyclic) bond motifs is 1. The zero-order chi connectivity index (χ0) is 25.4. The van der Waals surface area contributed by atoms with E-state index in [2.05, 4.69) is 21.2 Å². The molecule has 2 saturated heterocycles. The van der Waals surface area contributed by atoms with Gasteiger partial charge in [-0.2, -0.15) is 0 Å². The van der Waals surface area contributed by atoms with E-state index in [-0.39, 0.29) is 23.1 Å². The molecule has 3 heterocycles. The number of amides is 3. The minimum Gasteiger partial charge on any atom is -0.378 e. The fourth-order valence-corrected chi connectivity index (χ4v) is 5.23. The number of thiocarbonyl (C=S) groups is 1. The van der Waals surface area contributed by atoms with E-state index < -0.39 is 11.8 Å². The molecule has 0 atom stereocenters. The first-order chi connectivity index (χ1) is 17.3. The zero-order valence-corrected chi connectivity index (χ0v) is 21.9. The van der Waals surface area contributed by atoms with Gasteiger partial charge in [0.1, 0.15) is 12.1 Å². The third-order valence-electron chi connectivity index (χ3n) is 6.29. The Morgan fingerprint density at radius 2 is 1.92 bits per heavy atom. The lowest BCUT2D eigenvalue weighted by atomic mass is 10.1. The van der Waals surface area contributed by atoms with Gasteiger partial charge in [-0.05, 0) is 55.0 Å². The van der Waals surface area contributed by atoms with Crippen LogP contribution in [0.4, 0.5) is 5.69 Å². The molecule has 10 heteroatoms. The second-order valence-electron chi connectivity index (χ2n) is 8.61. The number of ether oxygens (including phenoxy) is 1. The Bertz CT molecular complexity index is 1440. The number of nitrogens with zero attached hydrogens (tertiary/aromatic N) is 3. The number of rotatable bonds is 4. The summed E-state index contributed by atoms with van der Waals surface area (Å²) >= 11 is 8.77. The fraction of sp³-hybridized carbons (Fsp3) is 0.231. The smallest absolute Gasteiger partial charge is 0.270 e. The SMILES string of the molecule is Cc1cc(Br)ccc1N1C(=O)/C(=C/c2cn(CC(=O)N3CCOCC3)c3ccccc23)C(=O)NC1=S. The van der Waals surface area contributed by atoms with E-state index in [4.69, 9.17) is 17.0 Å². The van der Waals surface area contributed by atoms with Gasteiger partial charge in [-0.1, -0.05) is 34.1 Å². The number of morpholine rings is 1. The van der Waals surface area contributed by atoms with E-state index in [0.29, 0.717) is 37.6 Å². The Labute approximate surface area is 221 Å². The van der Waals surface area contributed by atoms with Crippen molar-refractivity contribution >= 4 is 73.6 Å². The highest BCUT2D eigenvalue weighted by molar-refractivity contribution is 9.10. The molecule has 0 saturated carbocycles. The summed E-state index contributed by atoms with van der Waals surface area (Å²) < 4.78 is 8.07. The highest BCUT2D eigenvalue weighted by Crippen LogP contribution is 2.29. The lowest BCUT2D eigenvalue weighted by Crippen LogP contribution is -2.54. The Morgan fingerprint density at radius 3 is 2.67 bits per heavy atom. The third-order valence-corrected chi connectivity index (χ3v) is 7.07. The molecule has 1 N–H and O–H groups in total. The number of nitrogens with one attached hydrogen (secondary N) is 1. The fourth-order valence-electron chi connectivity index (χ4n) is 4.48. The molecule has 8 nitrogen and oxygen atoms in total. The van der Waals surface area contributed by atoms with Crippen LogP contribution in [0.15, 0.2) is 58.7 Å². The van der Waals surface area contributed by atoms with Gasteiger partial charge < -0.3 is 14.2 Å². The summed E-state index contributed by atoms with van der Waals surface area (Å²) in [5, 5.41) is 3.51. The highest BCUT2D eigenvalue weighted by atomic mass is 79.9. The van der Waals surface area contributed by atoms with Gasteiger partial charge in [-0.25, -0.2) is 0 Å². The standard InChI is InChI=1S/C26H23BrN4O4S/c1-16-12-18(27)6-7-21(16)31-25(34)20(24(33)28-26(31)36)13-17-14-30(22-5-3-2-4-19(17)22)15-23(32)29-8-10-35-11-9-29/h2-7,12-14H,8-11,15H2,1H3,(H,28,33,36)/b20-13+. The molecule has 0 spiro atoms. The number of hydrogen-bond acceptors (Lipinski definition) is 5. The number of aryl methyl sites for hydroxylation is 1. The predicted molar refractivity (Wildman–Crippen MR) is 144 cm³/mol. The van der Waals surface area contributed by atoms with Crippen LogP contribution in [-0.2, 0) is 25.7 Å². The molecule has 2 aromatic carbocycles. The normalized spacial score (nSPS) is 17.7. The van der Waals surface area contributed by atoms with Crippen LogP contribution >= 0.6 is 28.1 Å². The van der Waals surface area contributed by atoms with Crippen LogP contribution in [0.3, 0.4) is 0 Å². The molecule has 5 rings (SSSR count). The number of halogens is 1. The van der Waals surface area contributed by atoms with Crippen molar-refractivity contribution in [3.63, 3.8) is 0 Å². The molecule has 0 bridgehead atoms. The molecular weight excluding hydrogens is 544 g/mol. The topological polar surface area (TPSA) is 83.9 Å². The predicted octanol–water partition coefficient (Wildman–Crippen LogP) is 3.40. The molecular formula is C26H23BrN4O4S. The summed E-state index contributed by atoms with van der Waals surface area (Å²) in [5.74, 6) is -1.07. The second-order valence-corrected chi connectivity index (χ2v) is 9.91. The average molecular weight is 567 g/mol. The molecule has 2 aliphatic heterocycles. The summed E-state index contributed by atoms with van der Waals surface area (Å²) in [5.41, 5.74) is 2.89. The molecule has 2 aliphatic rings. The average Bonchev–Trinajstić information content (AvgIpc) is 3.20. The van der Waals surface area contributed by atoms with E-state index in [1.165, 1.54) is 4.90 Å². The third kappa shape index (κ3) is 4.59. The Balaban J connectivity index is 1.51. The first kappa shape index (κ1) is 24.4. The first-order valence-electron chi connectivity index (χ1n) is 11.4. The zero-order valence-electron chi connectivity index (χ0n) is 19.5. The maximum absolute atomic E-state index is 13.5. The number of anilines is 1. The summed E-state index contributed by atoms with van der Waals surface area (Å²) in [6.45, 7) is 4.21. The van der Waals surface area contributed by atoms with Crippen molar-refractivity contribution in [3.8, 4) is 0 Å². The van der Waals surface area contributed by atoms with Crippen LogP contribution in [0.2, 0.25) is 0 Å². The minimum atomic E-state index is -0.558. The Morgan fingerprint density at radius 1 is 1.17 bits per heavy atom. The maximum Gasteiger partial charge on any atom is 0.270 e. The molecule has 3 aromatic rings. The van der Waals surface area contributed by atoms with Crippen molar-refractivity contribution in [2.75, 3.05) is 31.2 Å². The van der Waals surface area contributed by atoms with Gasteiger partial charge in [-0.3, -0.25) is 24.6 Å². The van der Waals surface area contributed by atoms with Crippen LogP contribution in [0, 0.1) is 6.92 Å². The molecule has 36 heavy (non-hydrogen) atoms. The minimum absolute atomic E-state index is 0.00743. The van der Waals surface area contributed by atoms with Gasteiger partial charge >= 0.3 is 0 Å². The monoisotopic (exact) mass is 566 g/mol. The molecule has 0 radical (unpaired) electrons. The van der Waals surface area contributed by atoms with Gasteiger partial charge in [0.2, 0.25) is 5.91 Å². The van der Waals surface area contributed by atoms with Crippen LogP contribution < -0.4 is 10.2 Å². The number of carbonyl (C=O) groups is 3. The number of hydrogen-bond donors (Lipinski definition) is 1. The van der Waals surface area contributed by atoms with Gasteiger partial charge in [-0.15, -0.1) is 0 Å². The van der Waals surface area contributed by atoms with Crippen LogP contribution in [-0.4, -0.2) is 58.6 Å². The van der Waals surface area contributed by atoms with Gasteiger partial charge in [0.15, 0.2) is 5.11 Å². The van der Waals surface area contributed by atoms with Crippen molar-refractivity contribution < 1.29 is 19.1 Å². The van der Waals surface area contributed by atoms with E-state index in [9.17, 15) is 14.4 Å². The summed E-state index contributed by atoms with van der Waals surface area (Å²) in [6.07, 6.45) is 3.37. The second kappa shape index (κ2) is 9.96. The molecule has 184 valence electrons. The first-order valence-corrected chi connectivity index (χ1v) is 12.6. The number of carbonyl (C=O) groups excluding carboxylic acids is 3. The maximum atomic E-state index is 13.5. The molecule has 0 unspecified atom stereocenters. The Kier molecular flexibility index (Phi) is 6.74. The van der Waals surface area contributed by atoms with Crippen molar-refractivity contribution in [2.45, 2.75) is 13.5 Å². The molecule has 0 aliphatic carbocycles. The van der Waals surface area contributed by atoms with Gasteiger partial charge in [0.25, 0.3) is 11.8 Å². The number of para-hydroxylation sites is 1. The van der Waals surface area contributed by atoms with Gasteiger partial charge in [0.05, 0.1) is 18.9 Å². The number of aromatic nitrogens is 1. The Hall–Kier alpha value is -3.34. The largest absolute Gasteiger partial charge is 0.378 e. The van der Waals surface area contributed by atoms with E-state index in [1.54, 1.807) is 23.2 Å². The molecule has 3 amide bonds. The lowest BCUT2D eigenvalue weighted by Gasteiger charge is -2.30. The summed E-state index contributed by atoms with van der Waals surface area (Å²) in [6, 6.07) is 13.1. The number of benzene rings is 2. The highest BCUT2D eigenvalue weighted by Gasteiger charge is 2.35. The quantitative estimate of drug-likeness (QED) is 0.297. The van der Waals surface area contributed by atoms with E-state index in [1.807, 2.05) is 47.9 Å². The van der Waals surface area contributed by atoms with Crippen molar-refractivity contribution in [1.82, 2.24) is 14.8 Å². The summed E-state index contributed by atoms with van der Waals surface area (Å²) in [7, 11) is 0. The van der Waals surface area contributed by atoms with Crippen LogP contribution in [0.5, 0.6) is 0 Å².